The summed E-state index contributed by atoms with van der Waals surface area (Å²) in [6.45, 7) is 7.96. The average Bonchev–Trinajstić information content (AvgIpc) is 2.65. The summed E-state index contributed by atoms with van der Waals surface area (Å²) in [5.41, 5.74) is 0.0388. The molecule has 0 spiro atoms. The summed E-state index contributed by atoms with van der Waals surface area (Å²) >= 11 is 0. The third-order valence-corrected chi connectivity index (χ3v) is 2.84. The molecule has 2 rings (SSSR count). The Morgan fingerprint density at radius 2 is 1.58 bits per heavy atom. The summed E-state index contributed by atoms with van der Waals surface area (Å²) in [5.74, 6) is 0.641. The van der Waals surface area contributed by atoms with Crippen LogP contribution < -0.4 is 21.0 Å². The Bertz CT molecular complexity index is 550. The number of rotatable bonds is 1. The van der Waals surface area contributed by atoms with Crippen molar-refractivity contribution < 1.29 is 22.4 Å². The maximum Gasteiger partial charge on any atom is 1.00 e. The van der Waals surface area contributed by atoms with Crippen molar-refractivity contribution in [1.82, 2.24) is 9.13 Å². The molecule has 0 saturated heterocycles. The molecule has 6 nitrogen and oxygen atoms in total. The first-order chi connectivity index (χ1) is 8.49. The van der Waals surface area contributed by atoms with Crippen LogP contribution in [0.4, 0.5) is 11.5 Å². The largest absolute Gasteiger partial charge is 1.00 e. The summed E-state index contributed by atoms with van der Waals surface area (Å²) < 4.78 is 2.74. The van der Waals surface area contributed by atoms with Gasteiger partial charge in [-0.3, -0.25) is 13.9 Å². The third-order valence-electron chi connectivity index (χ3n) is 2.84. The van der Waals surface area contributed by atoms with Crippen LogP contribution in [0.5, 0.6) is 0 Å². The monoisotopic (exact) mass is 360 g/mol. The molecule has 0 atom stereocenters. The zero-order chi connectivity index (χ0) is 14.0. The first-order valence-corrected chi connectivity index (χ1v) is 6.13. The molecule has 0 N–H and O–H groups in total. The summed E-state index contributed by atoms with van der Waals surface area (Å²) in [4.78, 5) is 27.5. The molecule has 0 bridgehead atoms. The van der Waals surface area contributed by atoms with Gasteiger partial charge in [0.15, 0.2) is 0 Å². The van der Waals surface area contributed by atoms with Gasteiger partial charge in [-0.15, -0.1) is 0 Å². The molecule has 2 heterocycles. The average molecular weight is 361 g/mol. The minimum Gasteiger partial charge on any atom is -0.498 e. The van der Waals surface area contributed by atoms with Gasteiger partial charge in [0.2, 0.25) is 0 Å². The zero-order valence-electron chi connectivity index (χ0n) is 12.2. The van der Waals surface area contributed by atoms with Crippen LogP contribution in [0.2, 0.25) is 0 Å². The van der Waals surface area contributed by atoms with Gasteiger partial charge in [-0.1, -0.05) is 13.8 Å². The molecule has 1 aromatic heterocycles. The number of aromatic nitrogens is 2. The van der Waals surface area contributed by atoms with E-state index in [9.17, 15) is 9.59 Å². The Balaban J connectivity index is 0.00000103. The fourth-order valence-corrected chi connectivity index (χ4v) is 2.10. The van der Waals surface area contributed by atoms with E-state index in [2.05, 4.69) is 0 Å². The number of hydrogen-bond donors (Lipinski definition) is 0. The second-order valence-corrected chi connectivity index (χ2v) is 3.90. The molecule has 0 aromatic carbocycles. The molecule has 7 heteroatoms. The Morgan fingerprint density at radius 1 is 1.05 bits per heavy atom. The molecule has 1 aliphatic rings. The molecule has 19 heavy (non-hydrogen) atoms. The molecule has 1 aromatic rings. The minimum absolute atomic E-state index is 0. The van der Waals surface area contributed by atoms with E-state index in [0.717, 1.165) is 0 Å². The smallest absolute Gasteiger partial charge is 0.498 e. The van der Waals surface area contributed by atoms with Gasteiger partial charge in [0.25, 0.3) is 5.56 Å². The number of hydrogen-bond acceptors (Lipinski definition) is 4. The van der Waals surface area contributed by atoms with Gasteiger partial charge >= 0.3 is 28.1 Å². The fourth-order valence-electron chi connectivity index (χ4n) is 2.10. The quantitative estimate of drug-likeness (QED) is 0.543. The van der Waals surface area contributed by atoms with Gasteiger partial charge in [0.1, 0.15) is 11.5 Å². The van der Waals surface area contributed by atoms with E-state index in [0.29, 0.717) is 18.1 Å². The molecule has 0 radical (unpaired) electrons. The van der Waals surface area contributed by atoms with Crippen molar-refractivity contribution in [2.24, 2.45) is 7.05 Å². The molecule has 0 amide bonds. The van der Waals surface area contributed by atoms with Gasteiger partial charge in [0, 0.05) is 13.6 Å². The fraction of sp³-hybridized carbons (Fsp3) is 0.583. The maximum atomic E-state index is 12.1. The van der Waals surface area contributed by atoms with E-state index >= 15 is 0 Å². The van der Waals surface area contributed by atoms with Crippen LogP contribution in [-0.2, 0) is 36.0 Å². The van der Waals surface area contributed by atoms with E-state index in [1.54, 1.807) is 37.5 Å². The van der Waals surface area contributed by atoms with Crippen molar-refractivity contribution in [3.8, 4) is 0 Å². The van der Waals surface area contributed by atoms with E-state index in [1.165, 1.54) is 9.13 Å². The summed E-state index contributed by atoms with van der Waals surface area (Å²) in [7, 11) is 5.29. The Labute approximate surface area is 129 Å². The Kier molecular flexibility index (Phi) is 6.62. The first kappa shape index (κ1) is 18.0. The van der Waals surface area contributed by atoms with E-state index in [1.807, 2.05) is 20.9 Å². The van der Waals surface area contributed by atoms with Crippen molar-refractivity contribution in [2.45, 2.75) is 27.3 Å². The second-order valence-electron chi connectivity index (χ2n) is 3.90. The zero-order valence-corrected chi connectivity index (χ0v) is 13.7. The normalized spacial score (nSPS) is 12.5. The van der Waals surface area contributed by atoms with Crippen LogP contribution in [0.15, 0.2) is 9.59 Å². The minimum atomic E-state index is -0.276. The van der Waals surface area contributed by atoms with Crippen LogP contribution in [0.25, 0.3) is 0 Å². The number of anilines is 2. The molecule has 1 aliphatic heterocycles. The Morgan fingerprint density at radius 3 is 2.05 bits per heavy atom. The summed E-state index contributed by atoms with van der Waals surface area (Å²) in [5, 5.41) is 0. The van der Waals surface area contributed by atoms with Gasteiger partial charge in [-0.05, 0) is 21.0 Å². The number of fused-ring (bicyclic) bond motifs is 1. The standard InChI is InChI=1S/C10H15N4O2.C2H6.Ag/c1-5-14-9(15)7-8(13(4)10(14)16)12(3)6-11(7)2;1-2;/h6H,5H2,1-4H3;1-2H3;/q-1;;+1. The van der Waals surface area contributed by atoms with Gasteiger partial charge in [0.05, 0.1) is 0 Å². The summed E-state index contributed by atoms with van der Waals surface area (Å²) in [6.07, 6.45) is 0. The number of nitrogens with zero attached hydrogens (tertiary/aromatic N) is 4. The molecule has 0 saturated carbocycles. The molecule has 0 aliphatic carbocycles. The van der Waals surface area contributed by atoms with E-state index < -0.39 is 0 Å². The van der Waals surface area contributed by atoms with Crippen LogP contribution in [0.3, 0.4) is 0 Å². The van der Waals surface area contributed by atoms with E-state index in [-0.39, 0.29) is 33.6 Å². The van der Waals surface area contributed by atoms with Crippen molar-refractivity contribution in [2.75, 3.05) is 23.9 Å². The van der Waals surface area contributed by atoms with Crippen molar-refractivity contribution in [3.63, 3.8) is 0 Å². The van der Waals surface area contributed by atoms with Crippen molar-refractivity contribution >= 4 is 11.5 Å². The Hall–Kier alpha value is -0.980. The van der Waals surface area contributed by atoms with Crippen LogP contribution in [0, 0.1) is 6.67 Å². The SMILES string of the molecule is CC.CCn1c(=O)c2c(n(C)c1=O)N(C)[CH-]N2C.[Ag+]. The van der Waals surface area contributed by atoms with Crippen molar-refractivity contribution in [1.29, 1.82) is 0 Å². The maximum absolute atomic E-state index is 12.1. The van der Waals surface area contributed by atoms with E-state index in [4.69, 9.17) is 0 Å². The van der Waals surface area contributed by atoms with Crippen LogP contribution in [0.1, 0.15) is 20.8 Å². The predicted molar refractivity (Wildman–Crippen MR) is 74.1 cm³/mol. The molecule has 0 fully saturated rings. The third kappa shape index (κ3) is 2.80. The van der Waals surface area contributed by atoms with Gasteiger partial charge in [-0.25, -0.2) is 4.79 Å². The molecule has 112 valence electrons. The molecular formula is C12H21AgN4O2. The topological polar surface area (TPSA) is 50.5 Å². The second kappa shape index (κ2) is 6.98. The first-order valence-electron chi connectivity index (χ1n) is 6.13. The molecular weight excluding hydrogens is 340 g/mol. The van der Waals surface area contributed by atoms with Crippen molar-refractivity contribution in [3.05, 3.63) is 27.5 Å². The predicted octanol–water partition coefficient (Wildman–Crippen LogP) is 0.596. The van der Waals surface area contributed by atoms with Gasteiger partial charge < -0.3 is 9.80 Å². The van der Waals surface area contributed by atoms with Crippen LogP contribution >= 0.6 is 0 Å². The van der Waals surface area contributed by atoms with Crippen LogP contribution in [-0.4, -0.2) is 23.2 Å². The van der Waals surface area contributed by atoms with Gasteiger partial charge in [-0.2, -0.15) is 6.67 Å². The molecule has 0 unspecified atom stereocenters. The summed E-state index contributed by atoms with van der Waals surface area (Å²) in [6, 6.07) is 0.